The van der Waals surface area contributed by atoms with Crippen LogP contribution in [0.3, 0.4) is 0 Å². The van der Waals surface area contributed by atoms with Gasteiger partial charge < -0.3 is 15.2 Å². The fourth-order valence-corrected chi connectivity index (χ4v) is 6.04. The first-order valence-electron chi connectivity index (χ1n) is 13.3. The largest absolute Gasteiger partial charge is 0.493 e. The quantitative estimate of drug-likeness (QED) is 0.280. The minimum Gasteiger partial charge on any atom is -0.493 e. The lowest BCUT2D eigenvalue weighted by Gasteiger charge is -2.25. The van der Waals surface area contributed by atoms with Crippen molar-refractivity contribution in [2.45, 2.75) is 55.7 Å². The zero-order chi connectivity index (χ0) is 29.7. The number of aromatic nitrogens is 2. The highest BCUT2D eigenvalue weighted by Gasteiger charge is 2.32. The van der Waals surface area contributed by atoms with E-state index in [0.29, 0.717) is 23.1 Å². The Hall–Kier alpha value is -4.28. The van der Waals surface area contributed by atoms with Crippen molar-refractivity contribution in [2.75, 3.05) is 7.05 Å². The molecule has 0 saturated carbocycles. The minimum absolute atomic E-state index is 0.0937. The Morgan fingerprint density at radius 3 is 2.24 bits per heavy atom. The molecule has 1 unspecified atom stereocenters. The van der Waals surface area contributed by atoms with Gasteiger partial charge in [-0.2, -0.15) is 4.98 Å². The molecular weight excluding hydrogens is 542 g/mol. The Bertz CT molecular complexity index is 1700. The van der Waals surface area contributed by atoms with Gasteiger partial charge >= 0.3 is 0 Å². The van der Waals surface area contributed by atoms with Gasteiger partial charge in [0.05, 0.1) is 17.0 Å². The molecular formula is C31H33N3O6S. The van der Waals surface area contributed by atoms with Crippen molar-refractivity contribution >= 4 is 15.7 Å². The molecule has 1 aromatic heterocycles. The van der Waals surface area contributed by atoms with E-state index >= 15 is 0 Å². The number of hydrogen-bond donors (Lipinski definition) is 2. The first kappa shape index (κ1) is 29.7. The monoisotopic (exact) mass is 575 g/mol. The Morgan fingerprint density at radius 2 is 1.63 bits per heavy atom. The second kappa shape index (κ2) is 12.5. The molecule has 0 aliphatic rings. The smallest absolute Gasteiger partial charge is 0.296 e. The van der Waals surface area contributed by atoms with Gasteiger partial charge in [-0.05, 0) is 55.2 Å². The summed E-state index contributed by atoms with van der Waals surface area (Å²) < 4.78 is 34.7. The van der Waals surface area contributed by atoms with Gasteiger partial charge in [-0.1, -0.05) is 67.6 Å². The molecule has 1 atom stereocenters. The maximum atomic E-state index is 13.8. The maximum absolute atomic E-state index is 13.8. The highest BCUT2D eigenvalue weighted by atomic mass is 32.2. The maximum Gasteiger partial charge on any atom is 0.296 e. The van der Waals surface area contributed by atoms with Gasteiger partial charge in [0.15, 0.2) is 4.90 Å². The van der Waals surface area contributed by atoms with Gasteiger partial charge in [0.1, 0.15) is 12.4 Å². The molecule has 41 heavy (non-hydrogen) atoms. The molecule has 4 rings (SSSR count). The van der Waals surface area contributed by atoms with Gasteiger partial charge in [-0.25, -0.2) is 8.42 Å². The van der Waals surface area contributed by atoms with Crippen molar-refractivity contribution in [3.63, 3.8) is 0 Å². The molecule has 0 aliphatic heterocycles. The SMILES string of the molecule is CCC(c1ccccc1)n1c(COC(C)C)nc(=O)c(S(=O)(=O)c2ccc(-c3ccccc3C(=O)NC)cc2)c1O. The molecule has 0 aliphatic carbocycles. The van der Waals surface area contributed by atoms with Gasteiger partial charge in [0.2, 0.25) is 15.7 Å². The van der Waals surface area contributed by atoms with Crippen LogP contribution in [-0.4, -0.2) is 42.1 Å². The highest BCUT2D eigenvalue weighted by molar-refractivity contribution is 7.91. The average molecular weight is 576 g/mol. The summed E-state index contributed by atoms with van der Waals surface area (Å²) in [7, 11) is -2.96. The summed E-state index contributed by atoms with van der Waals surface area (Å²) in [5, 5.41) is 14.1. The van der Waals surface area contributed by atoms with Crippen LogP contribution < -0.4 is 10.9 Å². The Balaban J connectivity index is 1.85. The molecule has 9 nitrogen and oxygen atoms in total. The Morgan fingerprint density at radius 1 is 1.00 bits per heavy atom. The molecule has 0 saturated heterocycles. The van der Waals surface area contributed by atoms with E-state index in [4.69, 9.17) is 4.74 Å². The third kappa shape index (κ3) is 6.08. The molecule has 0 bridgehead atoms. The lowest BCUT2D eigenvalue weighted by molar-refractivity contribution is 0.0571. The van der Waals surface area contributed by atoms with Crippen molar-refractivity contribution in [1.29, 1.82) is 0 Å². The molecule has 2 N–H and O–H groups in total. The van der Waals surface area contributed by atoms with Gasteiger partial charge in [-0.3, -0.25) is 14.2 Å². The topological polar surface area (TPSA) is 128 Å². The van der Waals surface area contributed by atoms with Crippen LogP contribution in [0.15, 0.2) is 93.4 Å². The molecule has 214 valence electrons. The van der Waals surface area contributed by atoms with Crippen molar-refractivity contribution in [3.05, 3.63) is 106 Å². The summed E-state index contributed by atoms with van der Waals surface area (Å²) in [6.45, 7) is 5.45. The van der Waals surface area contributed by atoms with E-state index in [1.807, 2.05) is 51.1 Å². The second-order valence-corrected chi connectivity index (χ2v) is 11.6. The van der Waals surface area contributed by atoms with Crippen LogP contribution in [-0.2, 0) is 21.2 Å². The molecule has 3 aromatic carbocycles. The van der Waals surface area contributed by atoms with Crippen LogP contribution in [0.5, 0.6) is 5.88 Å². The number of sulfone groups is 1. The molecule has 1 amide bonds. The van der Waals surface area contributed by atoms with E-state index in [-0.39, 0.29) is 29.3 Å². The van der Waals surface area contributed by atoms with Gasteiger partial charge in [0, 0.05) is 12.6 Å². The van der Waals surface area contributed by atoms with Crippen LogP contribution in [0, 0.1) is 0 Å². The summed E-state index contributed by atoms with van der Waals surface area (Å²) in [5.41, 5.74) is 1.40. The lowest BCUT2D eigenvalue weighted by Crippen LogP contribution is -2.28. The minimum atomic E-state index is -4.49. The molecule has 4 aromatic rings. The number of nitrogens with one attached hydrogen (secondary N) is 1. The van der Waals surface area contributed by atoms with Crippen LogP contribution in [0.4, 0.5) is 0 Å². The van der Waals surface area contributed by atoms with E-state index in [1.54, 1.807) is 36.4 Å². The van der Waals surface area contributed by atoms with E-state index in [0.717, 1.165) is 5.56 Å². The molecule has 1 heterocycles. The number of amides is 1. The van der Waals surface area contributed by atoms with Crippen LogP contribution >= 0.6 is 0 Å². The van der Waals surface area contributed by atoms with Crippen LogP contribution in [0.1, 0.15) is 55.0 Å². The summed E-state index contributed by atoms with van der Waals surface area (Å²) in [5.74, 6) is -0.853. The Labute approximate surface area is 239 Å². The zero-order valence-electron chi connectivity index (χ0n) is 23.4. The number of nitrogens with zero attached hydrogens (tertiary/aromatic N) is 2. The van der Waals surface area contributed by atoms with Crippen molar-refractivity contribution < 1.29 is 23.1 Å². The van der Waals surface area contributed by atoms with E-state index in [2.05, 4.69) is 10.3 Å². The molecule has 0 radical (unpaired) electrons. The van der Waals surface area contributed by atoms with Gasteiger partial charge in [-0.15, -0.1) is 0 Å². The van der Waals surface area contributed by atoms with E-state index < -0.39 is 32.2 Å². The summed E-state index contributed by atoms with van der Waals surface area (Å²) >= 11 is 0. The zero-order valence-corrected chi connectivity index (χ0v) is 24.2. The molecule has 0 spiro atoms. The summed E-state index contributed by atoms with van der Waals surface area (Å²) in [4.78, 5) is 28.6. The lowest BCUT2D eigenvalue weighted by atomic mass is 9.99. The number of carbonyl (C=O) groups excluding carboxylic acids is 1. The predicted molar refractivity (Wildman–Crippen MR) is 156 cm³/mol. The van der Waals surface area contributed by atoms with E-state index in [1.165, 1.54) is 23.7 Å². The average Bonchev–Trinajstić information content (AvgIpc) is 2.97. The van der Waals surface area contributed by atoms with Gasteiger partial charge in [0.25, 0.3) is 11.5 Å². The fourth-order valence-electron chi connectivity index (χ4n) is 4.70. The van der Waals surface area contributed by atoms with Crippen molar-refractivity contribution in [3.8, 4) is 17.0 Å². The first-order chi connectivity index (χ1) is 19.6. The van der Waals surface area contributed by atoms with E-state index in [9.17, 15) is 23.1 Å². The standard InChI is InChI=1S/C31H33N3O6S/c1-5-26(22-11-7-6-8-12-22)34-27(19-40-20(2)3)33-30(36)28(31(34)37)41(38,39)23-17-15-21(16-18-23)24-13-9-10-14-25(24)29(35)32-4/h6-18,20,26,37H,5,19H2,1-4H3,(H,32,35). The third-order valence-corrected chi connectivity index (χ3v) is 8.49. The molecule has 0 fully saturated rings. The van der Waals surface area contributed by atoms with Crippen LogP contribution in [0.2, 0.25) is 0 Å². The number of ether oxygens (including phenoxy) is 1. The summed E-state index contributed by atoms with van der Waals surface area (Å²) in [6.07, 6.45) is 0.296. The number of rotatable bonds is 10. The number of hydrogen-bond acceptors (Lipinski definition) is 7. The normalized spacial score (nSPS) is 12.3. The second-order valence-electron chi connectivity index (χ2n) is 9.70. The van der Waals surface area contributed by atoms with Crippen LogP contribution in [0.25, 0.3) is 11.1 Å². The fraction of sp³-hybridized carbons (Fsp3) is 0.258. The van der Waals surface area contributed by atoms with Crippen molar-refractivity contribution in [1.82, 2.24) is 14.9 Å². The predicted octanol–water partition coefficient (Wildman–Crippen LogP) is 4.73. The first-order valence-corrected chi connectivity index (χ1v) is 14.8. The number of aromatic hydroxyl groups is 1. The number of carbonyl (C=O) groups is 1. The third-order valence-electron chi connectivity index (χ3n) is 6.71. The molecule has 10 heteroatoms. The number of benzene rings is 3. The Kier molecular flexibility index (Phi) is 9.05. The van der Waals surface area contributed by atoms with Crippen molar-refractivity contribution in [2.24, 2.45) is 0 Å². The highest BCUT2D eigenvalue weighted by Crippen LogP contribution is 2.34. The summed E-state index contributed by atoms with van der Waals surface area (Å²) in [6, 6.07) is 21.5.